The smallest absolute Gasteiger partial charge is 0.296 e. The second kappa shape index (κ2) is 9.71. The maximum atomic E-state index is 12.7. The van der Waals surface area contributed by atoms with Crippen LogP contribution in [0.3, 0.4) is 0 Å². The van der Waals surface area contributed by atoms with Crippen LogP contribution >= 0.6 is 0 Å². The maximum absolute atomic E-state index is 12.7. The third-order valence-corrected chi connectivity index (χ3v) is 4.78. The van der Waals surface area contributed by atoms with Crippen LogP contribution in [0.4, 0.5) is 0 Å². The van der Waals surface area contributed by atoms with Crippen LogP contribution in [0.25, 0.3) is 22.2 Å². The quantitative estimate of drug-likeness (QED) is 0.522. The predicted octanol–water partition coefficient (Wildman–Crippen LogP) is 4.26. The molecule has 0 saturated heterocycles. The van der Waals surface area contributed by atoms with Crippen molar-refractivity contribution in [2.24, 2.45) is 7.05 Å². The summed E-state index contributed by atoms with van der Waals surface area (Å²) >= 11 is 0. The lowest BCUT2D eigenvalue weighted by atomic mass is 10.1. The number of hydrogen-bond donors (Lipinski definition) is 2. The van der Waals surface area contributed by atoms with Gasteiger partial charge in [-0.15, -0.1) is 0 Å². The van der Waals surface area contributed by atoms with Crippen molar-refractivity contribution in [2.45, 2.75) is 20.4 Å². The summed E-state index contributed by atoms with van der Waals surface area (Å²) in [5.74, 6) is -0.960. The molecule has 0 aliphatic heterocycles. The van der Waals surface area contributed by atoms with Crippen molar-refractivity contribution >= 4 is 16.7 Å². The van der Waals surface area contributed by atoms with Crippen molar-refractivity contribution in [2.75, 3.05) is 0 Å². The van der Waals surface area contributed by atoms with Crippen molar-refractivity contribution < 1.29 is 9.90 Å². The zero-order chi connectivity index (χ0) is 22.4. The SMILES string of the molecule is CC.Cn1c(-c2ccccc2)nc(C(=O)NCc2ccc3ccccc3c2)c(O)c1=O. The second-order valence-corrected chi connectivity index (χ2v) is 6.73. The minimum Gasteiger partial charge on any atom is -0.501 e. The van der Waals surface area contributed by atoms with Gasteiger partial charge in [0.25, 0.3) is 11.5 Å². The van der Waals surface area contributed by atoms with Crippen LogP contribution in [0.2, 0.25) is 0 Å². The normalized spacial score (nSPS) is 10.3. The fourth-order valence-corrected chi connectivity index (χ4v) is 3.21. The van der Waals surface area contributed by atoms with Gasteiger partial charge in [-0.2, -0.15) is 0 Å². The lowest BCUT2D eigenvalue weighted by molar-refractivity contribution is 0.0942. The first-order chi connectivity index (χ1) is 15.0. The van der Waals surface area contributed by atoms with Gasteiger partial charge in [-0.1, -0.05) is 80.6 Å². The fourth-order valence-electron chi connectivity index (χ4n) is 3.21. The highest BCUT2D eigenvalue weighted by molar-refractivity contribution is 5.95. The number of aromatic hydroxyl groups is 1. The van der Waals surface area contributed by atoms with E-state index >= 15 is 0 Å². The van der Waals surface area contributed by atoms with E-state index < -0.39 is 17.2 Å². The summed E-state index contributed by atoms with van der Waals surface area (Å²) < 4.78 is 1.23. The van der Waals surface area contributed by atoms with E-state index in [-0.39, 0.29) is 12.2 Å². The number of benzene rings is 3. The molecular formula is C25H25N3O3. The standard InChI is InChI=1S/C23H19N3O3.C2H6/c1-26-21(17-8-3-2-4-9-17)25-19(20(27)23(26)29)22(28)24-14-15-11-12-16-7-5-6-10-18(16)13-15;1-2/h2-13,27H,14H2,1H3,(H,24,28);1-2H3. The van der Waals surface area contributed by atoms with E-state index in [9.17, 15) is 14.7 Å². The molecule has 0 fully saturated rings. The Bertz CT molecular complexity index is 1260. The van der Waals surface area contributed by atoms with Crippen molar-refractivity contribution in [3.63, 3.8) is 0 Å². The van der Waals surface area contributed by atoms with Gasteiger partial charge >= 0.3 is 0 Å². The molecule has 0 saturated carbocycles. The van der Waals surface area contributed by atoms with Gasteiger partial charge in [0, 0.05) is 19.2 Å². The van der Waals surface area contributed by atoms with Gasteiger partial charge in [0.1, 0.15) is 5.82 Å². The summed E-state index contributed by atoms with van der Waals surface area (Å²) in [6.45, 7) is 4.25. The Morgan fingerprint density at radius 3 is 2.32 bits per heavy atom. The van der Waals surface area contributed by atoms with Crippen molar-refractivity contribution in [3.8, 4) is 17.1 Å². The van der Waals surface area contributed by atoms with E-state index in [4.69, 9.17) is 0 Å². The maximum Gasteiger partial charge on any atom is 0.296 e. The highest BCUT2D eigenvalue weighted by atomic mass is 16.3. The molecule has 158 valence electrons. The van der Waals surface area contributed by atoms with Crippen molar-refractivity contribution in [1.82, 2.24) is 14.9 Å². The van der Waals surface area contributed by atoms with E-state index in [0.29, 0.717) is 11.4 Å². The van der Waals surface area contributed by atoms with Gasteiger partial charge in [-0.05, 0) is 22.4 Å². The van der Waals surface area contributed by atoms with Crippen LogP contribution in [0, 0.1) is 0 Å². The number of aromatic nitrogens is 2. The number of hydrogen-bond acceptors (Lipinski definition) is 4. The van der Waals surface area contributed by atoms with Gasteiger partial charge in [0.15, 0.2) is 5.69 Å². The van der Waals surface area contributed by atoms with E-state index in [0.717, 1.165) is 16.3 Å². The molecule has 4 aromatic rings. The highest BCUT2D eigenvalue weighted by Gasteiger charge is 2.20. The van der Waals surface area contributed by atoms with E-state index in [1.165, 1.54) is 11.6 Å². The van der Waals surface area contributed by atoms with E-state index in [2.05, 4.69) is 10.3 Å². The monoisotopic (exact) mass is 415 g/mol. The average Bonchev–Trinajstić information content (AvgIpc) is 2.83. The Morgan fingerprint density at radius 2 is 1.61 bits per heavy atom. The van der Waals surface area contributed by atoms with Gasteiger partial charge in [0.05, 0.1) is 0 Å². The van der Waals surface area contributed by atoms with Gasteiger partial charge < -0.3 is 10.4 Å². The molecule has 2 N–H and O–H groups in total. The van der Waals surface area contributed by atoms with E-state index in [1.54, 1.807) is 12.1 Å². The Labute approximate surface area is 180 Å². The summed E-state index contributed by atoms with van der Waals surface area (Å²) in [6, 6.07) is 22.9. The summed E-state index contributed by atoms with van der Waals surface area (Å²) in [5.41, 5.74) is 0.627. The van der Waals surface area contributed by atoms with Crippen LogP contribution in [-0.4, -0.2) is 20.6 Å². The van der Waals surface area contributed by atoms with E-state index in [1.807, 2.05) is 74.5 Å². The summed E-state index contributed by atoms with van der Waals surface area (Å²) in [6.07, 6.45) is 0. The molecule has 6 nitrogen and oxygen atoms in total. The zero-order valence-electron chi connectivity index (χ0n) is 17.8. The third kappa shape index (κ3) is 4.64. The zero-order valence-corrected chi connectivity index (χ0v) is 17.8. The Morgan fingerprint density at radius 1 is 0.968 bits per heavy atom. The van der Waals surface area contributed by atoms with Gasteiger partial charge in [0.2, 0.25) is 5.75 Å². The molecule has 1 aromatic heterocycles. The molecule has 0 bridgehead atoms. The molecule has 31 heavy (non-hydrogen) atoms. The number of nitrogens with one attached hydrogen (secondary N) is 1. The topological polar surface area (TPSA) is 84.2 Å². The summed E-state index contributed by atoms with van der Waals surface area (Å²) in [7, 11) is 1.51. The minimum atomic E-state index is -0.672. The fraction of sp³-hybridized carbons (Fsp3) is 0.160. The number of nitrogens with zero attached hydrogens (tertiary/aromatic N) is 2. The highest BCUT2D eigenvalue weighted by Crippen LogP contribution is 2.19. The van der Waals surface area contributed by atoms with Crippen LogP contribution in [0.15, 0.2) is 77.6 Å². The molecule has 0 atom stereocenters. The molecule has 1 amide bonds. The number of carbonyl (C=O) groups is 1. The minimum absolute atomic E-state index is 0.251. The number of amides is 1. The third-order valence-electron chi connectivity index (χ3n) is 4.78. The first-order valence-corrected chi connectivity index (χ1v) is 10.2. The Balaban J connectivity index is 0.00000132. The number of fused-ring (bicyclic) bond motifs is 1. The van der Waals surface area contributed by atoms with Gasteiger partial charge in [-0.3, -0.25) is 14.2 Å². The molecule has 0 aliphatic carbocycles. The number of rotatable bonds is 4. The largest absolute Gasteiger partial charge is 0.501 e. The van der Waals surface area contributed by atoms with Crippen LogP contribution in [0.1, 0.15) is 29.9 Å². The van der Waals surface area contributed by atoms with Crippen molar-refractivity contribution in [3.05, 3.63) is 94.4 Å². The Hall–Kier alpha value is -3.93. The molecule has 0 radical (unpaired) electrons. The summed E-state index contributed by atoms with van der Waals surface area (Å²) in [5, 5.41) is 15.1. The van der Waals surface area contributed by atoms with Crippen molar-refractivity contribution in [1.29, 1.82) is 0 Å². The van der Waals surface area contributed by atoms with Crippen LogP contribution in [-0.2, 0) is 13.6 Å². The molecule has 0 aliphatic rings. The predicted molar refractivity (Wildman–Crippen MR) is 123 cm³/mol. The molecule has 3 aromatic carbocycles. The second-order valence-electron chi connectivity index (χ2n) is 6.73. The van der Waals surface area contributed by atoms with Gasteiger partial charge in [-0.25, -0.2) is 4.98 Å². The first-order valence-electron chi connectivity index (χ1n) is 10.2. The molecule has 1 heterocycles. The lowest BCUT2D eigenvalue weighted by Crippen LogP contribution is -2.29. The summed E-state index contributed by atoms with van der Waals surface area (Å²) in [4.78, 5) is 29.3. The molecule has 0 spiro atoms. The average molecular weight is 415 g/mol. The molecule has 0 unspecified atom stereocenters. The number of carbonyl (C=O) groups excluding carboxylic acids is 1. The lowest BCUT2D eigenvalue weighted by Gasteiger charge is -2.12. The molecule has 6 heteroatoms. The van der Waals surface area contributed by atoms with Crippen LogP contribution in [0.5, 0.6) is 5.75 Å². The molecule has 4 rings (SSSR count). The first kappa shape index (κ1) is 21.8. The Kier molecular flexibility index (Phi) is 6.82. The molecular weight excluding hydrogens is 390 g/mol. The van der Waals surface area contributed by atoms with Crippen LogP contribution < -0.4 is 10.9 Å².